The van der Waals surface area contributed by atoms with E-state index in [1.165, 1.54) is 16.2 Å². The van der Waals surface area contributed by atoms with E-state index in [4.69, 9.17) is 1.37 Å². The molecule has 0 saturated heterocycles. The highest BCUT2D eigenvalue weighted by molar-refractivity contribution is 6.23. The van der Waals surface area contributed by atoms with Crippen molar-refractivity contribution in [2.45, 2.75) is 0 Å². The van der Waals surface area contributed by atoms with E-state index in [1.54, 1.807) is 6.07 Å². The fourth-order valence-electron chi connectivity index (χ4n) is 2.66. The number of pyridine rings is 1. The van der Waals surface area contributed by atoms with Gasteiger partial charge in [0.25, 0.3) is 0 Å². The van der Waals surface area contributed by atoms with Crippen LogP contribution in [0.2, 0.25) is 0 Å². The Kier molecular flexibility index (Phi) is 1.70. The normalized spacial score (nSPS) is 12.1. The summed E-state index contributed by atoms with van der Waals surface area (Å²) >= 11 is 0. The van der Waals surface area contributed by atoms with Crippen molar-refractivity contribution < 1.29 is 1.37 Å². The molecule has 0 saturated carbocycles. The largest absolute Gasteiger partial charge is 0.256 e. The van der Waals surface area contributed by atoms with E-state index in [0.29, 0.717) is 6.17 Å². The molecule has 0 atom stereocenters. The highest BCUT2D eigenvalue weighted by atomic mass is 14.6. The average Bonchev–Trinajstić information content (AvgIpc) is 2.47. The third-order valence-electron chi connectivity index (χ3n) is 3.45. The molecule has 84 valence electrons. The van der Waals surface area contributed by atoms with Gasteiger partial charge in [0.1, 0.15) is 0 Å². The SMILES string of the molecule is [2H]c1ccc2c3ccccc3c3ccccc3c2n1. The molecule has 1 nitrogen and oxygen atoms in total. The molecule has 0 N–H and O–H groups in total. The lowest BCUT2D eigenvalue weighted by atomic mass is 9.97. The standard InChI is InChI=1S/C17H11N/c1-2-7-14-12(6-1)13-8-3-4-9-15(13)17-16(14)10-5-11-18-17/h1-11H/i11D. The monoisotopic (exact) mass is 230 g/mol. The van der Waals surface area contributed by atoms with Gasteiger partial charge in [0.05, 0.1) is 6.89 Å². The molecule has 0 bridgehead atoms. The third kappa shape index (κ3) is 1.19. The Labute approximate surface area is 106 Å². The van der Waals surface area contributed by atoms with Gasteiger partial charge in [-0.2, -0.15) is 0 Å². The summed E-state index contributed by atoms with van der Waals surface area (Å²) in [6.07, 6.45) is 0.313. The molecular weight excluding hydrogens is 218 g/mol. The molecule has 18 heavy (non-hydrogen) atoms. The van der Waals surface area contributed by atoms with Crippen LogP contribution in [0.3, 0.4) is 0 Å². The second-order valence-corrected chi connectivity index (χ2v) is 4.43. The fraction of sp³-hybridized carbons (Fsp3) is 0. The summed E-state index contributed by atoms with van der Waals surface area (Å²) in [5.74, 6) is 0. The molecule has 0 radical (unpaired) electrons. The number of hydrogen-bond donors (Lipinski definition) is 0. The zero-order chi connectivity index (χ0) is 12.8. The Hall–Kier alpha value is -2.41. The second-order valence-electron chi connectivity index (χ2n) is 4.43. The Morgan fingerprint density at radius 2 is 1.06 bits per heavy atom. The molecule has 1 heteroatoms. The Morgan fingerprint density at radius 3 is 1.67 bits per heavy atom. The van der Waals surface area contributed by atoms with Crippen molar-refractivity contribution in [2.24, 2.45) is 0 Å². The van der Waals surface area contributed by atoms with Crippen LogP contribution in [0.15, 0.2) is 66.8 Å². The molecule has 0 aliphatic carbocycles. The first kappa shape index (κ1) is 8.65. The first-order chi connectivity index (χ1) is 9.34. The van der Waals surface area contributed by atoms with Gasteiger partial charge in [-0.25, -0.2) is 0 Å². The van der Waals surface area contributed by atoms with Gasteiger partial charge in [-0.1, -0.05) is 54.6 Å². The van der Waals surface area contributed by atoms with Crippen molar-refractivity contribution in [3.63, 3.8) is 0 Å². The van der Waals surface area contributed by atoms with E-state index in [2.05, 4.69) is 35.3 Å². The first-order valence-corrected chi connectivity index (χ1v) is 6.01. The Morgan fingerprint density at radius 1 is 0.611 bits per heavy atom. The summed E-state index contributed by atoms with van der Waals surface area (Å²) in [4.78, 5) is 4.42. The molecule has 4 aromatic rings. The van der Waals surface area contributed by atoms with Gasteiger partial charge in [-0.05, 0) is 22.2 Å². The smallest absolute Gasteiger partial charge is 0.0840 e. The first-order valence-electron chi connectivity index (χ1n) is 6.51. The topological polar surface area (TPSA) is 12.9 Å². The van der Waals surface area contributed by atoms with Crippen LogP contribution < -0.4 is 0 Å². The van der Waals surface area contributed by atoms with Crippen molar-refractivity contribution in [1.29, 1.82) is 0 Å². The van der Waals surface area contributed by atoms with E-state index >= 15 is 0 Å². The minimum atomic E-state index is 0.313. The number of nitrogens with zero attached hydrogens (tertiary/aromatic N) is 1. The minimum Gasteiger partial charge on any atom is -0.256 e. The third-order valence-corrected chi connectivity index (χ3v) is 3.45. The van der Waals surface area contributed by atoms with Crippen molar-refractivity contribution in [2.75, 3.05) is 0 Å². The van der Waals surface area contributed by atoms with Gasteiger partial charge < -0.3 is 0 Å². The fourth-order valence-corrected chi connectivity index (χ4v) is 2.66. The number of rotatable bonds is 0. The Bertz CT molecular complexity index is 893. The molecule has 3 aromatic carbocycles. The summed E-state index contributed by atoms with van der Waals surface area (Å²) < 4.78 is 7.75. The number of fused-ring (bicyclic) bond motifs is 6. The maximum absolute atomic E-state index is 7.75. The lowest BCUT2D eigenvalue weighted by Gasteiger charge is -2.08. The van der Waals surface area contributed by atoms with Gasteiger partial charge in [-0.15, -0.1) is 0 Å². The average molecular weight is 230 g/mol. The highest BCUT2D eigenvalue weighted by Gasteiger charge is 2.07. The summed E-state index contributed by atoms with van der Waals surface area (Å²) in [5, 5.41) is 5.87. The van der Waals surface area contributed by atoms with Crippen LogP contribution in [0.25, 0.3) is 32.4 Å². The lowest BCUT2D eigenvalue weighted by Crippen LogP contribution is -1.84. The zero-order valence-corrected chi connectivity index (χ0v) is 9.72. The van der Waals surface area contributed by atoms with E-state index in [9.17, 15) is 0 Å². The summed E-state index contributed by atoms with van der Waals surface area (Å²) in [6, 6.07) is 20.4. The Balaban J connectivity index is 2.43. The lowest BCUT2D eigenvalue weighted by molar-refractivity contribution is 1.43. The predicted molar refractivity (Wildman–Crippen MR) is 76.8 cm³/mol. The number of hydrogen-bond acceptors (Lipinski definition) is 1. The molecule has 0 unspecified atom stereocenters. The van der Waals surface area contributed by atoms with Crippen LogP contribution in [0.5, 0.6) is 0 Å². The van der Waals surface area contributed by atoms with Crippen LogP contribution in [0.1, 0.15) is 1.37 Å². The number of aromatic nitrogens is 1. The van der Waals surface area contributed by atoms with Crippen molar-refractivity contribution >= 4 is 32.4 Å². The van der Waals surface area contributed by atoms with Crippen molar-refractivity contribution in [3.05, 3.63) is 66.8 Å². The van der Waals surface area contributed by atoms with Gasteiger partial charge >= 0.3 is 0 Å². The molecule has 4 rings (SSSR count). The van der Waals surface area contributed by atoms with Crippen LogP contribution in [0, 0.1) is 0 Å². The quantitative estimate of drug-likeness (QED) is 0.404. The van der Waals surface area contributed by atoms with Crippen LogP contribution in [0.4, 0.5) is 0 Å². The van der Waals surface area contributed by atoms with E-state index < -0.39 is 0 Å². The summed E-state index contributed by atoms with van der Waals surface area (Å²) in [6.45, 7) is 0. The van der Waals surface area contributed by atoms with Crippen LogP contribution >= 0.6 is 0 Å². The van der Waals surface area contributed by atoms with E-state index in [1.807, 2.05) is 24.3 Å². The maximum Gasteiger partial charge on any atom is 0.0840 e. The molecule has 0 aliphatic rings. The maximum atomic E-state index is 7.75. The van der Waals surface area contributed by atoms with Gasteiger partial charge in [0.15, 0.2) is 0 Å². The van der Waals surface area contributed by atoms with E-state index in [0.717, 1.165) is 16.3 Å². The van der Waals surface area contributed by atoms with Crippen molar-refractivity contribution in [1.82, 2.24) is 4.98 Å². The molecule has 0 amide bonds. The number of benzene rings is 3. The molecule has 0 aliphatic heterocycles. The molecule has 1 heterocycles. The molecule has 0 spiro atoms. The summed E-state index contributed by atoms with van der Waals surface area (Å²) in [5.41, 5.74) is 0.918. The van der Waals surface area contributed by atoms with E-state index in [-0.39, 0.29) is 0 Å². The predicted octanol–water partition coefficient (Wildman–Crippen LogP) is 4.54. The molecule has 1 aromatic heterocycles. The molecule has 0 fully saturated rings. The molecular formula is C17H11N. The van der Waals surface area contributed by atoms with Crippen LogP contribution in [-0.4, -0.2) is 4.98 Å². The van der Waals surface area contributed by atoms with Crippen molar-refractivity contribution in [3.8, 4) is 0 Å². The zero-order valence-electron chi connectivity index (χ0n) is 10.7. The van der Waals surface area contributed by atoms with Gasteiger partial charge in [0.2, 0.25) is 0 Å². The van der Waals surface area contributed by atoms with Gasteiger partial charge in [-0.3, -0.25) is 4.98 Å². The second kappa shape index (κ2) is 3.54. The van der Waals surface area contributed by atoms with Crippen LogP contribution in [-0.2, 0) is 0 Å². The van der Waals surface area contributed by atoms with Gasteiger partial charge in [0, 0.05) is 16.9 Å². The minimum absolute atomic E-state index is 0.313. The summed E-state index contributed by atoms with van der Waals surface area (Å²) in [7, 11) is 0. The highest BCUT2D eigenvalue weighted by Crippen LogP contribution is 2.33.